The molecular formula is C13H9O2S. The Morgan fingerprint density at radius 2 is 2.12 bits per heavy atom. The van der Waals surface area contributed by atoms with Gasteiger partial charge in [0, 0.05) is 10.3 Å². The van der Waals surface area contributed by atoms with Gasteiger partial charge in [0.15, 0.2) is 6.26 Å². The van der Waals surface area contributed by atoms with Crippen LogP contribution in [0, 0.1) is 6.26 Å². The van der Waals surface area contributed by atoms with Crippen LogP contribution in [-0.4, -0.2) is 0 Å². The zero-order valence-electron chi connectivity index (χ0n) is 8.47. The van der Waals surface area contributed by atoms with Crippen LogP contribution >= 0.6 is 11.3 Å². The topological polar surface area (TPSA) is 22.4 Å². The van der Waals surface area contributed by atoms with E-state index in [-0.39, 0.29) is 0 Å². The van der Waals surface area contributed by atoms with E-state index in [1.54, 1.807) is 11.3 Å². The highest BCUT2D eigenvalue weighted by molar-refractivity contribution is 7.09. The van der Waals surface area contributed by atoms with Crippen molar-refractivity contribution in [3.05, 3.63) is 52.9 Å². The summed E-state index contributed by atoms with van der Waals surface area (Å²) in [5, 5.41) is 3.95. The molecule has 0 aliphatic heterocycles. The maximum atomic E-state index is 5.62. The van der Waals surface area contributed by atoms with E-state index in [1.165, 1.54) is 4.88 Å². The number of benzene rings is 1. The Kier molecular flexibility index (Phi) is 2.38. The van der Waals surface area contributed by atoms with Crippen LogP contribution in [0.4, 0.5) is 0 Å². The number of furan rings is 1. The second-order valence-corrected chi connectivity index (χ2v) is 4.44. The molecule has 2 heterocycles. The molecule has 3 aromatic rings. The van der Waals surface area contributed by atoms with Gasteiger partial charge >= 0.3 is 0 Å². The molecule has 2 aromatic heterocycles. The van der Waals surface area contributed by atoms with Crippen LogP contribution < -0.4 is 4.74 Å². The maximum Gasteiger partial charge on any atom is 0.293 e. The van der Waals surface area contributed by atoms with E-state index >= 15 is 0 Å². The number of rotatable bonds is 3. The molecule has 0 aliphatic rings. The third kappa shape index (κ3) is 1.70. The van der Waals surface area contributed by atoms with Gasteiger partial charge in [0.25, 0.3) is 5.95 Å². The highest BCUT2D eigenvalue weighted by Crippen LogP contribution is 2.27. The average molecular weight is 229 g/mol. The standard InChI is InChI=1S/C13H9O2S/c1-2-6-12-10(4-1)8-14-13(12)15-9-11-5-3-7-16-11/h1-7H,9H2. The Labute approximate surface area is 97.1 Å². The molecule has 0 spiro atoms. The van der Waals surface area contributed by atoms with Crippen molar-refractivity contribution in [1.82, 2.24) is 0 Å². The lowest BCUT2D eigenvalue weighted by Gasteiger charge is -2.00. The van der Waals surface area contributed by atoms with Crippen LogP contribution in [0.1, 0.15) is 4.88 Å². The highest BCUT2D eigenvalue weighted by Gasteiger charge is 2.07. The van der Waals surface area contributed by atoms with Crippen molar-refractivity contribution in [3.63, 3.8) is 0 Å². The smallest absolute Gasteiger partial charge is 0.293 e. The molecule has 0 atom stereocenters. The molecule has 0 N–H and O–H groups in total. The first-order chi connectivity index (χ1) is 7.93. The monoisotopic (exact) mass is 229 g/mol. The molecule has 0 saturated heterocycles. The number of thiophene rings is 1. The number of hydrogen-bond donors (Lipinski definition) is 0. The van der Waals surface area contributed by atoms with Gasteiger partial charge < -0.3 is 9.15 Å². The predicted octanol–water partition coefficient (Wildman–Crippen LogP) is 3.87. The van der Waals surface area contributed by atoms with Gasteiger partial charge in [-0.25, -0.2) is 0 Å². The quantitative estimate of drug-likeness (QED) is 0.680. The van der Waals surface area contributed by atoms with Gasteiger partial charge in [-0.3, -0.25) is 0 Å². The van der Waals surface area contributed by atoms with Crippen LogP contribution in [0.5, 0.6) is 5.95 Å². The summed E-state index contributed by atoms with van der Waals surface area (Å²) in [4.78, 5) is 1.18. The molecule has 0 bridgehead atoms. The van der Waals surface area contributed by atoms with Crippen LogP contribution in [0.15, 0.2) is 46.2 Å². The van der Waals surface area contributed by atoms with Gasteiger partial charge in [-0.2, -0.15) is 0 Å². The van der Waals surface area contributed by atoms with E-state index in [0.29, 0.717) is 12.6 Å². The lowest BCUT2D eigenvalue weighted by atomic mass is 10.2. The van der Waals surface area contributed by atoms with Gasteiger partial charge in [0.1, 0.15) is 6.61 Å². The maximum absolute atomic E-state index is 5.62. The third-order valence-corrected chi connectivity index (χ3v) is 3.18. The summed E-state index contributed by atoms with van der Waals surface area (Å²) in [5.41, 5.74) is 0. The zero-order valence-corrected chi connectivity index (χ0v) is 9.29. The van der Waals surface area contributed by atoms with Crippen molar-refractivity contribution in [3.8, 4) is 5.95 Å². The summed E-state index contributed by atoms with van der Waals surface area (Å²) in [6, 6.07) is 11.9. The van der Waals surface area contributed by atoms with E-state index in [0.717, 1.165) is 10.8 Å². The first-order valence-electron chi connectivity index (χ1n) is 4.98. The number of hydrogen-bond acceptors (Lipinski definition) is 3. The minimum atomic E-state index is 0.545. The highest BCUT2D eigenvalue weighted by atomic mass is 32.1. The Balaban J connectivity index is 1.84. The van der Waals surface area contributed by atoms with Crippen molar-refractivity contribution in [1.29, 1.82) is 0 Å². The van der Waals surface area contributed by atoms with Gasteiger partial charge in [-0.15, -0.1) is 11.3 Å². The average Bonchev–Trinajstić information content (AvgIpc) is 2.96. The summed E-state index contributed by atoms with van der Waals surface area (Å²) in [7, 11) is 0. The van der Waals surface area contributed by atoms with Gasteiger partial charge in [-0.1, -0.05) is 24.3 Å². The summed E-state index contributed by atoms with van der Waals surface area (Å²) in [6.45, 7) is 0.545. The van der Waals surface area contributed by atoms with E-state index in [2.05, 4.69) is 6.26 Å². The molecule has 0 aliphatic carbocycles. The number of ether oxygens (including phenoxy) is 1. The fraction of sp³-hybridized carbons (Fsp3) is 0.0769. The van der Waals surface area contributed by atoms with E-state index in [9.17, 15) is 0 Å². The third-order valence-electron chi connectivity index (χ3n) is 2.33. The second kappa shape index (κ2) is 4.02. The first-order valence-corrected chi connectivity index (χ1v) is 5.86. The van der Waals surface area contributed by atoms with Crippen molar-refractivity contribution >= 4 is 22.1 Å². The molecule has 0 amide bonds. The van der Waals surface area contributed by atoms with Crippen molar-refractivity contribution in [2.45, 2.75) is 6.61 Å². The lowest BCUT2D eigenvalue weighted by Crippen LogP contribution is -1.91. The van der Waals surface area contributed by atoms with Crippen molar-refractivity contribution < 1.29 is 9.15 Å². The molecule has 0 fully saturated rings. The first kappa shape index (κ1) is 9.48. The van der Waals surface area contributed by atoms with Crippen LogP contribution in [-0.2, 0) is 6.61 Å². The Morgan fingerprint density at radius 1 is 1.19 bits per heavy atom. The molecule has 16 heavy (non-hydrogen) atoms. The van der Waals surface area contributed by atoms with Crippen LogP contribution in [0.25, 0.3) is 10.8 Å². The van der Waals surface area contributed by atoms with Crippen molar-refractivity contribution in [2.24, 2.45) is 0 Å². The Hall–Kier alpha value is -1.74. The Morgan fingerprint density at radius 3 is 3.00 bits per heavy atom. The molecule has 79 valence electrons. The fourth-order valence-electron chi connectivity index (χ4n) is 1.55. The molecular weight excluding hydrogens is 220 g/mol. The van der Waals surface area contributed by atoms with Gasteiger partial charge in [0.05, 0.1) is 5.39 Å². The van der Waals surface area contributed by atoms with E-state index in [4.69, 9.17) is 9.15 Å². The largest absolute Gasteiger partial charge is 0.459 e. The molecule has 2 nitrogen and oxygen atoms in total. The molecule has 3 rings (SSSR count). The minimum absolute atomic E-state index is 0.545. The molecule has 0 unspecified atom stereocenters. The molecule has 0 saturated carbocycles. The van der Waals surface area contributed by atoms with Gasteiger partial charge in [-0.05, 0) is 17.5 Å². The summed E-state index contributed by atoms with van der Waals surface area (Å²) < 4.78 is 10.9. The second-order valence-electron chi connectivity index (χ2n) is 3.41. The van der Waals surface area contributed by atoms with Crippen LogP contribution in [0.3, 0.4) is 0 Å². The molecule has 1 radical (unpaired) electrons. The Bertz CT molecular complexity index is 581. The molecule has 1 aromatic carbocycles. The van der Waals surface area contributed by atoms with E-state index < -0.39 is 0 Å². The van der Waals surface area contributed by atoms with Crippen molar-refractivity contribution in [2.75, 3.05) is 0 Å². The predicted molar refractivity (Wildman–Crippen MR) is 63.7 cm³/mol. The summed E-state index contributed by atoms with van der Waals surface area (Å²) in [6.07, 6.45) is 2.82. The minimum Gasteiger partial charge on any atom is -0.459 e. The van der Waals surface area contributed by atoms with E-state index in [1.807, 2.05) is 41.8 Å². The zero-order chi connectivity index (χ0) is 10.8. The SMILES string of the molecule is [c]1oc(OCc2cccs2)c2ccccc12. The fourth-order valence-corrected chi connectivity index (χ4v) is 2.16. The summed E-state index contributed by atoms with van der Waals surface area (Å²) in [5.74, 6) is 0.545. The summed E-state index contributed by atoms with van der Waals surface area (Å²) >= 11 is 1.67. The number of fused-ring (bicyclic) bond motifs is 1. The lowest BCUT2D eigenvalue weighted by molar-refractivity contribution is 0.237. The molecule has 3 heteroatoms. The normalized spacial score (nSPS) is 10.8. The van der Waals surface area contributed by atoms with Crippen LogP contribution in [0.2, 0.25) is 0 Å². The van der Waals surface area contributed by atoms with Gasteiger partial charge in [0.2, 0.25) is 0 Å².